The van der Waals surface area contributed by atoms with Crippen molar-refractivity contribution in [3.8, 4) is 0 Å². The van der Waals surface area contributed by atoms with Crippen molar-refractivity contribution in [2.75, 3.05) is 0 Å². The maximum atomic E-state index is 9.27. The van der Waals surface area contributed by atoms with Gasteiger partial charge in [0.05, 0.1) is 0 Å². The molecule has 0 aliphatic carbocycles. The third-order valence-corrected chi connectivity index (χ3v) is 0.599. The molecule has 0 rings (SSSR count). The van der Waals surface area contributed by atoms with Gasteiger partial charge >= 0.3 is 35.5 Å². The Balaban J connectivity index is 4.41. The predicted molar refractivity (Wildman–Crippen MR) is 15.9 cm³/mol. The first-order valence-electron chi connectivity index (χ1n) is 0.922. The molecule has 34 valence electrons. The van der Waals surface area contributed by atoms with Crippen LogP contribution in [0.5, 0.6) is 0 Å². The van der Waals surface area contributed by atoms with Gasteiger partial charge in [-0.3, -0.25) is 0 Å². The Bertz CT molecular complexity index is 160. The molecule has 0 radical (unpaired) electrons. The van der Waals surface area contributed by atoms with E-state index in [1.807, 2.05) is 3.86 Å². The Labute approximate surface area is 36.4 Å². The maximum absolute atomic E-state index is 9.27. The Morgan fingerprint density at radius 2 is 1.83 bits per heavy atom. The first kappa shape index (κ1) is 5.57. The second-order valence-corrected chi connectivity index (χ2v) is 2.80. The molecule has 0 aliphatic rings. The molecule has 6 heavy (non-hydrogen) atoms. The summed E-state index contributed by atoms with van der Waals surface area (Å²) in [5, 5.41) is 0. The summed E-state index contributed by atoms with van der Waals surface area (Å²) in [7, 11) is 0. The fourth-order valence-electron chi connectivity index (χ4n) is 0. The van der Waals surface area contributed by atoms with Crippen LogP contribution in [0.3, 0.4) is 0 Å². The molecule has 0 unspecified atom stereocenters. The Morgan fingerprint density at radius 1 is 1.67 bits per heavy atom. The average Bonchev–Trinajstić information content (AvgIpc) is 1.35. The van der Waals surface area contributed by atoms with Gasteiger partial charge in [0.1, 0.15) is 0 Å². The van der Waals surface area contributed by atoms with Gasteiger partial charge in [-0.1, -0.05) is 0 Å². The van der Waals surface area contributed by atoms with Crippen LogP contribution in [-0.2, 0) is 7.67 Å². The Kier molecular flexibility index (Phi) is 1.25. The summed E-state index contributed by atoms with van der Waals surface area (Å²) in [6.07, 6.45) is 0. The summed E-state index contributed by atoms with van der Waals surface area (Å²) in [4.78, 5) is 0. The van der Waals surface area contributed by atoms with Gasteiger partial charge in [0.25, 0.3) is 0 Å². The van der Waals surface area contributed by atoms with Crippen molar-refractivity contribution < 1.29 is 11.9 Å². The molecule has 0 aliphatic heterocycles. The third kappa shape index (κ3) is 3.57. The van der Waals surface area contributed by atoms with Crippen LogP contribution < -0.4 is 0 Å². The molecule has 0 amide bonds. The molecular formula is CHNO3Se. The summed E-state index contributed by atoms with van der Waals surface area (Å²) in [6, 6.07) is 0. The quantitative estimate of drug-likeness (QED) is 0.366. The molecule has 0 spiro atoms. The first-order valence-corrected chi connectivity index (χ1v) is 3.85. The molecule has 0 aromatic heterocycles. The molecule has 0 bridgehead atoms. The zero-order valence-corrected chi connectivity index (χ0v) is 4.33. The molecule has 0 fully saturated rings. The van der Waals surface area contributed by atoms with Gasteiger partial charge in [-0.05, 0) is 0 Å². The molecule has 1 N–H and O–H groups in total. The van der Waals surface area contributed by atoms with Gasteiger partial charge in [0, 0.05) is 0 Å². The van der Waals surface area contributed by atoms with Crippen LogP contribution in [0.15, 0.2) is 0 Å². The van der Waals surface area contributed by atoms with Crippen molar-refractivity contribution in [1.29, 1.82) is 0 Å². The minimum atomic E-state index is -4.99. The zero-order valence-electron chi connectivity index (χ0n) is 2.62. The minimum absolute atomic E-state index is 1.87. The van der Waals surface area contributed by atoms with Gasteiger partial charge in [0.15, 0.2) is 0 Å². The van der Waals surface area contributed by atoms with E-state index in [9.17, 15) is 7.67 Å². The normalized spacial score (nSPS) is 10.0. The molecule has 0 heterocycles. The average molecular weight is 154 g/mol. The van der Waals surface area contributed by atoms with Crippen molar-refractivity contribution in [2.45, 2.75) is 0 Å². The second kappa shape index (κ2) is 1.35. The van der Waals surface area contributed by atoms with E-state index in [0.29, 0.717) is 0 Å². The van der Waals surface area contributed by atoms with Crippen LogP contribution >= 0.6 is 0 Å². The van der Waals surface area contributed by atoms with E-state index < -0.39 is 13.3 Å². The summed E-state index contributed by atoms with van der Waals surface area (Å²) in [5.41, 5.74) is 0. The van der Waals surface area contributed by atoms with Gasteiger partial charge in [-0.15, -0.1) is 0 Å². The van der Waals surface area contributed by atoms with Gasteiger partial charge in [-0.2, -0.15) is 0 Å². The summed E-state index contributed by atoms with van der Waals surface area (Å²) < 4.78 is 27.9. The van der Waals surface area contributed by atoms with E-state index in [1.165, 1.54) is 0 Å². The van der Waals surface area contributed by atoms with E-state index in [-0.39, 0.29) is 0 Å². The molecule has 0 aromatic rings. The van der Waals surface area contributed by atoms with Crippen molar-refractivity contribution in [1.82, 2.24) is 0 Å². The summed E-state index contributed by atoms with van der Waals surface area (Å²) >= 11 is -4.99. The molecule has 0 saturated heterocycles. The van der Waals surface area contributed by atoms with Crippen LogP contribution in [-0.4, -0.2) is 17.4 Å². The molecule has 0 atom stereocenters. The third-order valence-electron chi connectivity index (χ3n) is 0.115. The fourth-order valence-corrected chi connectivity index (χ4v) is 0. The van der Waals surface area contributed by atoms with Crippen molar-refractivity contribution in [2.24, 2.45) is 0 Å². The van der Waals surface area contributed by atoms with Crippen molar-refractivity contribution >= 4 is 13.3 Å². The molecular weight excluding hydrogens is 153 g/mol. The fraction of sp³-hybridized carbons (Fsp3) is 0. The van der Waals surface area contributed by atoms with E-state index in [2.05, 4.69) is 0 Å². The molecule has 0 saturated carbocycles. The van der Waals surface area contributed by atoms with E-state index >= 15 is 0 Å². The van der Waals surface area contributed by atoms with E-state index in [4.69, 9.17) is 10.8 Å². The number of nitrogens with zero attached hydrogens (tertiary/aromatic N) is 1. The molecule has 5 heteroatoms. The predicted octanol–water partition coefficient (Wildman–Crippen LogP) is -0.805. The number of rotatable bonds is 0. The summed E-state index contributed by atoms with van der Waals surface area (Å²) in [5.74, 6) is 0. The van der Waals surface area contributed by atoms with Gasteiger partial charge < -0.3 is 0 Å². The Morgan fingerprint density at radius 3 is 1.83 bits per heavy atom. The second-order valence-electron chi connectivity index (χ2n) is 0.539. The number of hydrogen-bond acceptors (Lipinski definition) is 2. The van der Waals surface area contributed by atoms with E-state index in [1.54, 1.807) is 0 Å². The summed E-state index contributed by atoms with van der Waals surface area (Å²) in [6.45, 7) is 5.67. The van der Waals surface area contributed by atoms with Crippen LogP contribution in [0.25, 0.3) is 3.86 Å². The topological polar surface area (TPSA) is 58.7 Å². The Hall–Kier alpha value is -0.431. The monoisotopic (exact) mass is 155 g/mol. The standard InChI is InChI=1S/CHNO3Se/c1-2-6(3,4)5/h(H,3,4,5). The van der Waals surface area contributed by atoms with Crippen molar-refractivity contribution in [3.05, 3.63) is 10.4 Å². The van der Waals surface area contributed by atoms with Crippen LogP contribution in [0, 0.1) is 6.57 Å². The van der Waals surface area contributed by atoms with Crippen molar-refractivity contribution in [3.63, 3.8) is 0 Å². The van der Waals surface area contributed by atoms with Gasteiger partial charge in [-0.25, -0.2) is 0 Å². The van der Waals surface area contributed by atoms with E-state index in [0.717, 1.165) is 0 Å². The molecule has 4 nitrogen and oxygen atoms in total. The van der Waals surface area contributed by atoms with Crippen LogP contribution in [0.1, 0.15) is 0 Å². The van der Waals surface area contributed by atoms with Crippen LogP contribution in [0.2, 0.25) is 0 Å². The number of hydrogen-bond donors (Lipinski definition) is 1. The first-order chi connectivity index (χ1) is 2.56. The van der Waals surface area contributed by atoms with Crippen LogP contribution in [0.4, 0.5) is 0 Å². The SMILES string of the molecule is [C-]#[N+][Se](=O)(=O)O. The zero-order chi connectivity index (χ0) is 5.21. The van der Waals surface area contributed by atoms with Gasteiger partial charge in [0.2, 0.25) is 0 Å². The molecule has 0 aromatic carbocycles.